The highest BCUT2D eigenvalue weighted by Crippen LogP contribution is 2.32. The summed E-state index contributed by atoms with van der Waals surface area (Å²) in [4.78, 5) is 43.0. The first kappa shape index (κ1) is 20.1. The molecule has 9 heteroatoms. The quantitative estimate of drug-likeness (QED) is 0.599. The van der Waals surface area contributed by atoms with E-state index in [-0.39, 0.29) is 18.4 Å². The lowest BCUT2D eigenvalue weighted by Gasteiger charge is -2.17. The standard InChI is InChI=1S/C21H17N3O4S2/c1-13(25)24(16-5-3-2-4-6-16)21-22-15(11-30-21)10-28-20(27)14-7-8-18-17(9-14)23-19(26)12-29-18/h2-9,11H,10,12H2,1H3,(H,23,26). The number of amides is 2. The molecule has 2 aromatic carbocycles. The molecule has 0 spiro atoms. The van der Waals surface area contributed by atoms with Crippen LogP contribution in [0.2, 0.25) is 0 Å². The van der Waals surface area contributed by atoms with E-state index in [0.717, 1.165) is 10.6 Å². The molecular formula is C21H17N3O4S2. The molecule has 0 fully saturated rings. The van der Waals surface area contributed by atoms with Gasteiger partial charge >= 0.3 is 5.97 Å². The molecule has 1 aromatic heterocycles. The fourth-order valence-corrected chi connectivity index (χ4v) is 4.56. The maximum atomic E-state index is 12.4. The van der Waals surface area contributed by atoms with E-state index in [9.17, 15) is 14.4 Å². The number of thiazole rings is 1. The van der Waals surface area contributed by atoms with Crippen LogP contribution in [-0.2, 0) is 20.9 Å². The van der Waals surface area contributed by atoms with Crippen LogP contribution >= 0.6 is 23.1 Å². The van der Waals surface area contributed by atoms with Crippen molar-refractivity contribution in [1.82, 2.24) is 4.98 Å². The molecule has 0 radical (unpaired) electrons. The van der Waals surface area contributed by atoms with Crippen molar-refractivity contribution in [3.63, 3.8) is 0 Å². The minimum absolute atomic E-state index is 0.0198. The van der Waals surface area contributed by atoms with Gasteiger partial charge in [-0.3, -0.25) is 14.5 Å². The second-order valence-electron chi connectivity index (χ2n) is 6.44. The monoisotopic (exact) mass is 439 g/mol. The fourth-order valence-electron chi connectivity index (χ4n) is 2.90. The maximum absolute atomic E-state index is 12.4. The van der Waals surface area contributed by atoms with Crippen LogP contribution < -0.4 is 10.2 Å². The number of ether oxygens (including phenoxy) is 1. The Balaban J connectivity index is 1.44. The van der Waals surface area contributed by atoms with E-state index in [1.165, 1.54) is 34.9 Å². The highest BCUT2D eigenvalue weighted by Gasteiger charge is 2.20. The average Bonchev–Trinajstić information content (AvgIpc) is 3.20. The number of para-hydroxylation sites is 1. The van der Waals surface area contributed by atoms with Gasteiger partial charge in [-0.15, -0.1) is 23.1 Å². The Morgan fingerprint density at radius 2 is 2.00 bits per heavy atom. The number of fused-ring (bicyclic) bond motifs is 1. The molecule has 2 amide bonds. The third-order valence-electron chi connectivity index (χ3n) is 4.26. The summed E-state index contributed by atoms with van der Waals surface area (Å²) < 4.78 is 5.37. The molecule has 1 N–H and O–H groups in total. The lowest BCUT2D eigenvalue weighted by Crippen LogP contribution is -2.22. The van der Waals surface area contributed by atoms with Crippen molar-refractivity contribution in [1.29, 1.82) is 0 Å². The second-order valence-corrected chi connectivity index (χ2v) is 8.29. The van der Waals surface area contributed by atoms with Crippen LogP contribution in [0.1, 0.15) is 23.0 Å². The Morgan fingerprint density at radius 3 is 2.77 bits per heavy atom. The average molecular weight is 440 g/mol. The van der Waals surface area contributed by atoms with Crippen molar-refractivity contribution < 1.29 is 19.1 Å². The van der Waals surface area contributed by atoms with Crippen molar-refractivity contribution in [2.75, 3.05) is 16.0 Å². The van der Waals surface area contributed by atoms with Crippen LogP contribution in [0.15, 0.2) is 58.8 Å². The van der Waals surface area contributed by atoms with Gasteiger partial charge in [0.15, 0.2) is 5.13 Å². The molecule has 30 heavy (non-hydrogen) atoms. The van der Waals surface area contributed by atoms with Gasteiger partial charge in [0, 0.05) is 17.2 Å². The van der Waals surface area contributed by atoms with Gasteiger partial charge in [-0.2, -0.15) is 0 Å². The van der Waals surface area contributed by atoms with Crippen LogP contribution in [0, 0.1) is 0 Å². The van der Waals surface area contributed by atoms with Gasteiger partial charge < -0.3 is 10.1 Å². The van der Waals surface area contributed by atoms with Crippen molar-refractivity contribution >= 4 is 57.4 Å². The predicted molar refractivity (Wildman–Crippen MR) is 116 cm³/mol. The minimum Gasteiger partial charge on any atom is -0.456 e. The Kier molecular flexibility index (Phi) is 5.82. The van der Waals surface area contributed by atoms with E-state index < -0.39 is 5.97 Å². The van der Waals surface area contributed by atoms with Gasteiger partial charge in [-0.1, -0.05) is 18.2 Å². The Hall–Kier alpha value is -3.17. The molecule has 0 saturated carbocycles. The number of rotatable bonds is 5. The van der Waals surface area contributed by atoms with Crippen molar-refractivity contribution in [2.24, 2.45) is 0 Å². The Morgan fingerprint density at radius 1 is 1.20 bits per heavy atom. The lowest BCUT2D eigenvalue weighted by molar-refractivity contribution is -0.116. The zero-order chi connectivity index (χ0) is 21.1. The predicted octanol–water partition coefficient (Wildman–Crippen LogP) is 4.23. The fraction of sp³-hybridized carbons (Fsp3) is 0.143. The second kappa shape index (κ2) is 8.68. The first-order chi connectivity index (χ1) is 14.5. The first-order valence-electron chi connectivity index (χ1n) is 9.05. The number of nitrogens with zero attached hydrogens (tertiary/aromatic N) is 2. The van der Waals surface area contributed by atoms with E-state index in [0.29, 0.717) is 27.8 Å². The maximum Gasteiger partial charge on any atom is 0.338 e. The molecule has 4 rings (SSSR count). The number of hydrogen-bond donors (Lipinski definition) is 1. The smallest absolute Gasteiger partial charge is 0.338 e. The summed E-state index contributed by atoms with van der Waals surface area (Å²) in [7, 11) is 0. The molecule has 2 heterocycles. The van der Waals surface area contributed by atoms with Gasteiger partial charge in [0.05, 0.1) is 28.4 Å². The highest BCUT2D eigenvalue weighted by atomic mass is 32.2. The molecule has 152 valence electrons. The van der Waals surface area contributed by atoms with Crippen molar-refractivity contribution in [3.8, 4) is 0 Å². The number of anilines is 3. The van der Waals surface area contributed by atoms with Gasteiger partial charge in [0.1, 0.15) is 6.61 Å². The number of esters is 1. The molecule has 0 aliphatic carbocycles. The van der Waals surface area contributed by atoms with E-state index in [2.05, 4.69) is 10.3 Å². The summed E-state index contributed by atoms with van der Waals surface area (Å²) >= 11 is 2.73. The van der Waals surface area contributed by atoms with Crippen LogP contribution in [0.4, 0.5) is 16.5 Å². The summed E-state index contributed by atoms with van der Waals surface area (Å²) in [5.41, 5.74) is 2.23. The van der Waals surface area contributed by atoms with E-state index in [1.54, 1.807) is 23.6 Å². The number of aromatic nitrogens is 1. The third kappa shape index (κ3) is 4.37. The Bertz CT molecular complexity index is 1110. The molecule has 0 saturated heterocycles. The molecule has 1 aliphatic heterocycles. The number of hydrogen-bond acceptors (Lipinski definition) is 7. The van der Waals surface area contributed by atoms with Crippen LogP contribution in [0.3, 0.4) is 0 Å². The number of nitrogens with one attached hydrogen (secondary N) is 1. The lowest BCUT2D eigenvalue weighted by atomic mass is 10.2. The van der Waals surface area contributed by atoms with Crippen LogP contribution in [-0.4, -0.2) is 28.5 Å². The van der Waals surface area contributed by atoms with Gasteiger partial charge in [0.25, 0.3) is 0 Å². The SMILES string of the molecule is CC(=O)N(c1ccccc1)c1nc(COC(=O)c2ccc3c(c2)NC(=O)CS3)cs1. The van der Waals surface area contributed by atoms with E-state index >= 15 is 0 Å². The molecule has 7 nitrogen and oxygen atoms in total. The number of carbonyl (C=O) groups is 3. The van der Waals surface area contributed by atoms with Crippen LogP contribution in [0.25, 0.3) is 0 Å². The first-order valence-corrected chi connectivity index (χ1v) is 10.9. The zero-order valence-corrected chi connectivity index (χ0v) is 17.6. The largest absolute Gasteiger partial charge is 0.456 e. The number of thioether (sulfide) groups is 1. The molecule has 0 bridgehead atoms. The molecule has 0 unspecified atom stereocenters. The summed E-state index contributed by atoms with van der Waals surface area (Å²) in [6.45, 7) is 1.45. The van der Waals surface area contributed by atoms with Gasteiger partial charge in [0.2, 0.25) is 11.8 Å². The minimum atomic E-state index is -0.511. The van der Waals surface area contributed by atoms with Gasteiger partial charge in [-0.25, -0.2) is 9.78 Å². The summed E-state index contributed by atoms with van der Waals surface area (Å²) in [6, 6.07) is 14.3. The van der Waals surface area contributed by atoms with Crippen molar-refractivity contribution in [3.05, 3.63) is 65.2 Å². The normalized spacial score (nSPS) is 12.6. The topological polar surface area (TPSA) is 88.6 Å². The molecule has 0 atom stereocenters. The zero-order valence-electron chi connectivity index (χ0n) is 16.0. The van der Waals surface area contributed by atoms with Crippen LogP contribution in [0.5, 0.6) is 0 Å². The number of benzene rings is 2. The molecule has 3 aromatic rings. The van der Waals surface area contributed by atoms with E-state index in [4.69, 9.17) is 4.74 Å². The highest BCUT2D eigenvalue weighted by molar-refractivity contribution is 8.00. The Labute approximate surface area is 181 Å². The molecular weight excluding hydrogens is 422 g/mol. The molecule has 1 aliphatic rings. The third-order valence-corrected chi connectivity index (χ3v) is 6.21. The summed E-state index contributed by atoms with van der Waals surface area (Å²) in [6.07, 6.45) is 0. The van der Waals surface area contributed by atoms with E-state index in [1.807, 2.05) is 30.3 Å². The summed E-state index contributed by atoms with van der Waals surface area (Å²) in [5, 5.41) is 5.02. The van der Waals surface area contributed by atoms with Gasteiger partial charge in [-0.05, 0) is 30.3 Å². The number of carbonyl (C=O) groups excluding carboxylic acids is 3. The summed E-state index contributed by atoms with van der Waals surface area (Å²) in [5.74, 6) is -0.401. The van der Waals surface area contributed by atoms with Crippen molar-refractivity contribution in [2.45, 2.75) is 18.4 Å².